The van der Waals surface area contributed by atoms with Gasteiger partial charge in [0.1, 0.15) is 11.6 Å². The number of nitrogens with one attached hydrogen (secondary N) is 1. The lowest BCUT2D eigenvalue weighted by Crippen LogP contribution is -2.41. The fraction of sp³-hybridized carbons (Fsp3) is 0.571. The molecule has 18 heavy (non-hydrogen) atoms. The molecule has 0 aromatic heterocycles. The minimum Gasteiger partial charge on any atom is -0.314 e. The molecule has 4 heteroatoms. The van der Waals surface area contributed by atoms with Gasteiger partial charge >= 0.3 is 0 Å². The molecule has 1 aromatic carbocycles. The molecule has 1 aliphatic rings. The zero-order valence-corrected chi connectivity index (χ0v) is 12.1. The van der Waals surface area contributed by atoms with Gasteiger partial charge in [-0.15, -0.1) is 0 Å². The van der Waals surface area contributed by atoms with Gasteiger partial charge in [0.15, 0.2) is 0 Å². The molecule has 100 valence electrons. The number of hydrogen-bond acceptors (Lipinski definition) is 1. The van der Waals surface area contributed by atoms with Crippen molar-refractivity contribution in [2.75, 3.05) is 6.54 Å². The number of likely N-dealkylation sites (N-methyl/N-ethyl adjacent to an activating group) is 1. The maximum atomic E-state index is 13.9. The Morgan fingerprint density at radius 2 is 2.11 bits per heavy atom. The molecule has 0 aliphatic heterocycles. The SMILES string of the molecule is CCNC(Cc1c(F)ccc(Br)c1F)C1CCC1. The van der Waals surface area contributed by atoms with Crippen molar-refractivity contribution in [1.82, 2.24) is 5.32 Å². The molecule has 2 rings (SSSR count). The predicted octanol–water partition coefficient (Wildman–Crippen LogP) is 4.05. The largest absolute Gasteiger partial charge is 0.314 e. The zero-order valence-electron chi connectivity index (χ0n) is 10.5. The fourth-order valence-corrected chi connectivity index (χ4v) is 2.86. The smallest absolute Gasteiger partial charge is 0.143 e. The Kier molecular flexibility index (Phi) is 4.73. The molecule has 1 N–H and O–H groups in total. The van der Waals surface area contributed by atoms with Crippen molar-refractivity contribution in [3.05, 3.63) is 33.8 Å². The fourth-order valence-electron chi connectivity index (χ4n) is 2.49. The molecule has 1 aliphatic carbocycles. The Labute approximate surface area is 115 Å². The van der Waals surface area contributed by atoms with E-state index in [9.17, 15) is 8.78 Å². The van der Waals surface area contributed by atoms with Crippen molar-refractivity contribution in [2.24, 2.45) is 5.92 Å². The van der Waals surface area contributed by atoms with Crippen molar-refractivity contribution >= 4 is 15.9 Å². The van der Waals surface area contributed by atoms with E-state index in [-0.39, 0.29) is 11.6 Å². The van der Waals surface area contributed by atoms with Crippen LogP contribution in [-0.2, 0) is 6.42 Å². The van der Waals surface area contributed by atoms with Crippen LogP contribution >= 0.6 is 15.9 Å². The molecule has 0 amide bonds. The molecule has 0 heterocycles. The molecule has 1 aromatic rings. The Morgan fingerprint density at radius 1 is 1.39 bits per heavy atom. The van der Waals surface area contributed by atoms with Crippen LogP contribution in [0, 0.1) is 17.6 Å². The highest BCUT2D eigenvalue weighted by atomic mass is 79.9. The second kappa shape index (κ2) is 6.11. The first-order valence-corrected chi connectivity index (χ1v) is 7.28. The first-order valence-electron chi connectivity index (χ1n) is 6.49. The van der Waals surface area contributed by atoms with E-state index in [0.717, 1.165) is 19.4 Å². The molecule has 1 unspecified atom stereocenters. The van der Waals surface area contributed by atoms with Crippen LogP contribution in [0.5, 0.6) is 0 Å². The predicted molar refractivity (Wildman–Crippen MR) is 72.6 cm³/mol. The molecular weight excluding hydrogens is 300 g/mol. The lowest BCUT2D eigenvalue weighted by atomic mass is 9.77. The molecule has 0 radical (unpaired) electrons. The topological polar surface area (TPSA) is 12.0 Å². The molecule has 0 spiro atoms. The van der Waals surface area contributed by atoms with Gasteiger partial charge in [-0.2, -0.15) is 0 Å². The van der Waals surface area contributed by atoms with Crippen LogP contribution in [-0.4, -0.2) is 12.6 Å². The van der Waals surface area contributed by atoms with Gasteiger partial charge in [0.05, 0.1) is 4.47 Å². The molecular formula is C14H18BrF2N. The average Bonchev–Trinajstić information content (AvgIpc) is 2.27. The molecule has 1 nitrogen and oxygen atoms in total. The minimum absolute atomic E-state index is 0.182. The first-order chi connectivity index (χ1) is 8.63. The van der Waals surface area contributed by atoms with Gasteiger partial charge in [0, 0.05) is 11.6 Å². The third kappa shape index (κ3) is 2.91. The van der Waals surface area contributed by atoms with E-state index in [1.54, 1.807) is 0 Å². The van der Waals surface area contributed by atoms with Crippen molar-refractivity contribution in [2.45, 2.75) is 38.6 Å². The van der Waals surface area contributed by atoms with Gasteiger partial charge in [-0.1, -0.05) is 13.3 Å². The Balaban J connectivity index is 2.17. The summed E-state index contributed by atoms with van der Waals surface area (Å²) in [4.78, 5) is 0. The van der Waals surface area contributed by atoms with Gasteiger partial charge in [-0.3, -0.25) is 0 Å². The van der Waals surface area contributed by atoms with Crippen molar-refractivity contribution in [3.63, 3.8) is 0 Å². The van der Waals surface area contributed by atoms with E-state index < -0.39 is 11.6 Å². The summed E-state index contributed by atoms with van der Waals surface area (Å²) in [6, 6.07) is 2.92. The summed E-state index contributed by atoms with van der Waals surface area (Å²) in [6.07, 6.45) is 3.98. The Morgan fingerprint density at radius 3 is 2.67 bits per heavy atom. The maximum Gasteiger partial charge on any atom is 0.143 e. The zero-order chi connectivity index (χ0) is 13.1. The Bertz CT molecular complexity index is 419. The van der Waals surface area contributed by atoms with E-state index in [0.29, 0.717) is 16.8 Å². The summed E-state index contributed by atoms with van der Waals surface area (Å²) in [5.74, 6) is -0.349. The average molecular weight is 318 g/mol. The molecule has 0 bridgehead atoms. The van der Waals surface area contributed by atoms with E-state index >= 15 is 0 Å². The number of benzene rings is 1. The summed E-state index contributed by atoms with van der Waals surface area (Å²) >= 11 is 3.12. The molecule has 1 saturated carbocycles. The quantitative estimate of drug-likeness (QED) is 0.808. The minimum atomic E-state index is -0.461. The van der Waals surface area contributed by atoms with Gasteiger partial charge in [-0.05, 0) is 59.8 Å². The molecule has 1 atom stereocenters. The van der Waals surface area contributed by atoms with Gasteiger partial charge in [0.2, 0.25) is 0 Å². The van der Waals surface area contributed by atoms with Crippen molar-refractivity contribution < 1.29 is 8.78 Å². The number of hydrogen-bond donors (Lipinski definition) is 1. The Hall–Kier alpha value is -0.480. The van der Waals surface area contributed by atoms with Crippen LogP contribution < -0.4 is 5.32 Å². The van der Waals surface area contributed by atoms with Gasteiger partial charge < -0.3 is 5.32 Å². The number of rotatable bonds is 5. The third-order valence-corrected chi connectivity index (χ3v) is 4.36. The van der Waals surface area contributed by atoms with Crippen LogP contribution in [0.15, 0.2) is 16.6 Å². The number of halogens is 3. The van der Waals surface area contributed by atoms with Crippen LogP contribution in [0.2, 0.25) is 0 Å². The summed E-state index contributed by atoms with van der Waals surface area (Å²) in [5, 5.41) is 3.36. The normalized spacial score (nSPS) is 17.6. The molecule has 0 saturated heterocycles. The summed E-state index contributed by atoms with van der Waals surface area (Å²) in [7, 11) is 0. The van der Waals surface area contributed by atoms with Crippen LogP contribution in [0.25, 0.3) is 0 Å². The summed E-state index contributed by atoms with van der Waals surface area (Å²) in [6.45, 7) is 2.86. The molecule has 1 fully saturated rings. The lowest BCUT2D eigenvalue weighted by Gasteiger charge is -2.34. The van der Waals surface area contributed by atoms with Gasteiger partial charge in [0.25, 0.3) is 0 Å². The van der Waals surface area contributed by atoms with Crippen LogP contribution in [0.4, 0.5) is 8.78 Å². The highest BCUT2D eigenvalue weighted by Crippen LogP contribution is 2.32. The lowest BCUT2D eigenvalue weighted by molar-refractivity contribution is 0.227. The summed E-state index contributed by atoms with van der Waals surface area (Å²) < 4.78 is 28.0. The van der Waals surface area contributed by atoms with E-state index in [1.165, 1.54) is 18.6 Å². The van der Waals surface area contributed by atoms with Gasteiger partial charge in [-0.25, -0.2) is 8.78 Å². The highest BCUT2D eigenvalue weighted by Gasteiger charge is 2.28. The van der Waals surface area contributed by atoms with E-state index in [4.69, 9.17) is 0 Å². The second-order valence-corrected chi connectivity index (χ2v) is 5.74. The third-order valence-electron chi connectivity index (χ3n) is 3.75. The van der Waals surface area contributed by atoms with E-state index in [1.807, 2.05) is 6.92 Å². The second-order valence-electron chi connectivity index (χ2n) is 4.88. The standard InChI is InChI=1S/C14H18BrF2N/c1-2-18-13(9-4-3-5-9)8-10-12(16)7-6-11(15)14(10)17/h6-7,9,13,18H,2-5,8H2,1H3. The van der Waals surface area contributed by atoms with Crippen LogP contribution in [0.3, 0.4) is 0 Å². The summed E-state index contributed by atoms with van der Waals surface area (Å²) in [5.41, 5.74) is 0.197. The first kappa shape index (κ1) is 13.9. The van der Waals surface area contributed by atoms with E-state index in [2.05, 4.69) is 21.2 Å². The van der Waals surface area contributed by atoms with Crippen LogP contribution in [0.1, 0.15) is 31.7 Å². The van der Waals surface area contributed by atoms with Crippen molar-refractivity contribution in [1.29, 1.82) is 0 Å². The maximum absolute atomic E-state index is 13.9. The van der Waals surface area contributed by atoms with Crippen molar-refractivity contribution in [3.8, 4) is 0 Å². The highest BCUT2D eigenvalue weighted by molar-refractivity contribution is 9.10. The monoisotopic (exact) mass is 317 g/mol.